The average molecular weight is 270 g/mol. The summed E-state index contributed by atoms with van der Waals surface area (Å²) < 4.78 is 14.3. The molecule has 0 heterocycles. The van der Waals surface area contributed by atoms with Crippen LogP contribution in [-0.2, 0) is 0 Å². The zero-order chi connectivity index (χ0) is 13.4. The first kappa shape index (κ1) is 12.0. The lowest BCUT2D eigenvalue weighted by molar-refractivity contribution is 0.413. The molecule has 19 heavy (non-hydrogen) atoms. The number of fused-ring (bicyclic) bond motifs is 1. The first-order valence-electron chi connectivity index (χ1n) is 5.84. The SMILES string of the molecule is [C-]#[N+]c1cccc2c1C(c1ccccc1)=C(Cl)C2F. The number of alkyl halides is 1. The van der Waals surface area contributed by atoms with Gasteiger partial charge in [-0.1, -0.05) is 60.1 Å². The third-order valence-corrected chi connectivity index (χ3v) is 3.62. The van der Waals surface area contributed by atoms with Crippen molar-refractivity contribution in [3.8, 4) is 0 Å². The second kappa shape index (κ2) is 4.53. The first-order valence-corrected chi connectivity index (χ1v) is 6.21. The van der Waals surface area contributed by atoms with Crippen molar-refractivity contribution in [1.82, 2.24) is 0 Å². The molecule has 0 aliphatic heterocycles. The summed E-state index contributed by atoms with van der Waals surface area (Å²) in [5, 5.41) is 0.164. The molecule has 2 aromatic carbocycles. The van der Waals surface area contributed by atoms with Gasteiger partial charge in [0.05, 0.1) is 11.6 Å². The molecule has 0 saturated carbocycles. The molecule has 1 nitrogen and oxygen atoms in total. The van der Waals surface area contributed by atoms with Gasteiger partial charge in [-0.25, -0.2) is 9.24 Å². The van der Waals surface area contributed by atoms with Gasteiger partial charge in [-0.3, -0.25) is 0 Å². The summed E-state index contributed by atoms with van der Waals surface area (Å²) in [4.78, 5) is 3.48. The summed E-state index contributed by atoms with van der Waals surface area (Å²) in [6.07, 6.45) is -1.34. The molecule has 0 aromatic heterocycles. The van der Waals surface area contributed by atoms with Crippen molar-refractivity contribution in [3.05, 3.63) is 81.7 Å². The smallest absolute Gasteiger partial charge is 0.195 e. The van der Waals surface area contributed by atoms with Crippen LogP contribution >= 0.6 is 11.6 Å². The van der Waals surface area contributed by atoms with Crippen molar-refractivity contribution in [1.29, 1.82) is 0 Å². The summed E-state index contributed by atoms with van der Waals surface area (Å²) in [7, 11) is 0. The summed E-state index contributed by atoms with van der Waals surface area (Å²) >= 11 is 6.16. The molecule has 0 saturated heterocycles. The van der Waals surface area contributed by atoms with Crippen LogP contribution in [0.15, 0.2) is 53.6 Å². The van der Waals surface area contributed by atoms with Crippen molar-refractivity contribution in [2.24, 2.45) is 0 Å². The molecule has 1 unspecified atom stereocenters. The number of hydrogen-bond donors (Lipinski definition) is 0. The molecule has 0 fully saturated rings. The summed E-state index contributed by atoms with van der Waals surface area (Å²) in [6.45, 7) is 7.23. The van der Waals surface area contributed by atoms with Gasteiger partial charge in [0, 0.05) is 0 Å². The predicted octanol–water partition coefficient (Wildman–Crippen LogP) is 5.26. The average Bonchev–Trinajstić information content (AvgIpc) is 2.72. The molecule has 1 aliphatic carbocycles. The number of nitrogens with zero attached hydrogens (tertiary/aromatic N) is 1. The highest BCUT2D eigenvalue weighted by atomic mass is 35.5. The minimum absolute atomic E-state index is 0.164. The van der Waals surface area contributed by atoms with Gasteiger partial charge < -0.3 is 0 Å². The van der Waals surface area contributed by atoms with Gasteiger partial charge in [0.1, 0.15) is 0 Å². The van der Waals surface area contributed by atoms with Crippen molar-refractivity contribution >= 4 is 22.9 Å². The summed E-state index contributed by atoms with van der Waals surface area (Å²) in [5.74, 6) is 0. The molecule has 92 valence electrons. The molecule has 1 atom stereocenters. The van der Waals surface area contributed by atoms with E-state index in [-0.39, 0.29) is 5.03 Å². The Kier molecular flexibility index (Phi) is 2.85. The second-order valence-corrected chi connectivity index (χ2v) is 4.71. The molecule has 3 rings (SSSR count). The maximum absolute atomic E-state index is 14.3. The highest BCUT2D eigenvalue weighted by Gasteiger charge is 2.32. The maximum atomic E-state index is 14.3. The van der Waals surface area contributed by atoms with E-state index in [0.29, 0.717) is 22.4 Å². The van der Waals surface area contributed by atoms with E-state index in [0.717, 1.165) is 5.56 Å². The number of rotatable bonds is 1. The topological polar surface area (TPSA) is 4.36 Å². The van der Waals surface area contributed by atoms with Crippen molar-refractivity contribution < 1.29 is 4.39 Å². The van der Waals surface area contributed by atoms with E-state index in [1.807, 2.05) is 30.3 Å². The largest absolute Gasteiger partial charge is 0.238 e. The van der Waals surface area contributed by atoms with E-state index in [1.165, 1.54) is 0 Å². The summed E-state index contributed by atoms with van der Waals surface area (Å²) in [5.41, 5.74) is 3.02. The number of hydrogen-bond acceptors (Lipinski definition) is 0. The zero-order valence-electron chi connectivity index (χ0n) is 9.90. The third-order valence-electron chi connectivity index (χ3n) is 3.24. The molecule has 0 amide bonds. The Morgan fingerprint density at radius 2 is 1.79 bits per heavy atom. The van der Waals surface area contributed by atoms with Gasteiger partial charge in [0.15, 0.2) is 11.9 Å². The van der Waals surface area contributed by atoms with Crippen LogP contribution in [0.25, 0.3) is 10.4 Å². The molecule has 2 aromatic rings. The first-order chi connectivity index (χ1) is 9.24. The zero-order valence-corrected chi connectivity index (χ0v) is 10.7. The van der Waals surface area contributed by atoms with Crippen LogP contribution in [0, 0.1) is 6.57 Å². The van der Waals surface area contributed by atoms with Gasteiger partial charge >= 0.3 is 0 Å². The summed E-state index contributed by atoms with van der Waals surface area (Å²) in [6, 6.07) is 14.5. The fraction of sp³-hybridized carbons (Fsp3) is 0.0625. The number of benzene rings is 2. The minimum atomic E-state index is -1.34. The monoisotopic (exact) mass is 269 g/mol. The fourth-order valence-corrected chi connectivity index (χ4v) is 2.73. The lowest BCUT2D eigenvalue weighted by Crippen LogP contribution is -1.88. The molecule has 0 radical (unpaired) electrons. The fourth-order valence-electron chi connectivity index (χ4n) is 2.40. The highest BCUT2D eigenvalue weighted by Crippen LogP contribution is 2.50. The maximum Gasteiger partial charge on any atom is 0.195 e. The Morgan fingerprint density at radius 3 is 2.47 bits per heavy atom. The lowest BCUT2D eigenvalue weighted by Gasteiger charge is -2.08. The molecule has 1 aliphatic rings. The quantitative estimate of drug-likeness (QED) is 0.622. The van der Waals surface area contributed by atoms with Crippen LogP contribution in [0.5, 0.6) is 0 Å². The van der Waals surface area contributed by atoms with Gasteiger partial charge in [-0.05, 0) is 22.3 Å². The standard InChI is InChI=1S/C16H9ClFN/c1-19-12-9-5-8-11-14(12)13(15(17)16(11)18)10-6-3-2-4-7-10/h2-9,16H. The Balaban J connectivity index is 2.31. The van der Waals surface area contributed by atoms with E-state index in [1.54, 1.807) is 18.2 Å². The Morgan fingerprint density at radius 1 is 1.05 bits per heavy atom. The van der Waals surface area contributed by atoms with Crippen LogP contribution in [0.1, 0.15) is 22.9 Å². The van der Waals surface area contributed by atoms with Crippen LogP contribution in [0.2, 0.25) is 0 Å². The van der Waals surface area contributed by atoms with E-state index in [9.17, 15) is 4.39 Å². The van der Waals surface area contributed by atoms with Gasteiger partial charge in [-0.15, -0.1) is 0 Å². The molecular formula is C16H9ClFN. The molecule has 0 bridgehead atoms. The molecule has 0 N–H and O–H groups in total. The van der Waals surface area contributed by atoms with Crippen LogP contribution in [-0.4, -0.2) is 0 Å². The van der Waals surface area contributed by atoms with E-state index >= 15 is 0 Å². The molecule has 3 heteroatoms. The van der Waals surface area contributed by atoms with Gasteiger partial charge in [-0.2, -0.15) is 0 Å². The van der Waals surface area contributed by atoms with Crippen molar-refractivity contribution in [2.75, 3.05) is 0 Å². The normalized spacial score (nSPS) is 17.2. The minimum Gasteiger partial charge on any atom is -0.238 e. The van der Waals surface area contributed by atoms with E-state index < -0.39 is 6.17 Å². The van der Waals surface area contributed by atoms with Crippen LogP contribution in [0.3, 0.4) is 0 Å². The lowest BCUT2D eigenvalue weighted by atomic mass is 9.97. The van der Waals surface area contributed by atoms with Crippen LogP contribution in [0.4, 0.5) is 10.1 Å². The van der Waals surface area contributed by atoms with Crippen molar-refractivity contribution in [3.63, 3.8) is 0 Å². The van der Waals surface area contributed by atoms with Gasteiger partial charge in [0.25, 0.3) is 0 Å². The van der Waals surface area contributed by atoms with E-state index in [4.69, 9.17) is 18.2 Å². The number of allylic oxidation sites excluding steroid dienone is 1. The van der Waals surface area contributed by atoms with Crippen LogP contribution < -0.4 is 0 Å². The Hall–Kier alpha value is -2.11. The highest BCUT2D eigenvalue weighted by molar-refractivity contribution is 6.35. The Bertz CT molecular complexity index is 713. The second-order valence-electron chi connectivity index (χ2n) is 4.30. The third kappa shape index (κ3) is 1.75. The van der Waals surface area contributed by atoms with Gasteiger partial charge in [0.2, 0.25) is 0 Å². The molecular weight excluding hydrogens is 261 g/mol. The number of halogens is 2. The Labute approximate surface area is 115 Å². The van der Waals surface area contributed by atoms with E-state index in [2.05, 4.69) is 4.85 Å². The predicted molar refractivity (Wildman–Crippen MR) is 74.9 cm³/mol. The van der Waals surface area contributed by atoms with Crippen molar-refractivity contribution in [2.45, 2.75) is 6.17 Å². The molecule has 0 spiro atoms.